The molecule has 3 amide bonds. The second kappa shape index (κ2) is 10.1. The van der Waals surface area contributed by atoms with Crippen LogP contribution in [0.25, 0.3) is 0 Å². The Labute approximate surface area is 119 Å². The van der Waals surface area contributed by atoms with Gasteiger partial charge in [-0.3, -0.25) is 9.59 Å². The minimum Gasteiger partial charge on any atom is -0.480 e. The molecule has 0 heterocycles. The molecule has 0 aromatic carbocycles. The molecule has 0 radical (unpaired) electrons. The maximum Gasteiger partial charge on any atom is 0.322 e. The standard InChI is InChI=1S/C13H25N3O4/c1-9(2)5-4-6-10(3)16-13(20)15-7-11(17)14-8-12(18)19/h9-10H,4-8H2,1-3H3,(H,14,17)(H,18,19)(H2,15,16,20). The second-order valence-electron chi connectivity index (χ2n) is 5.22. The van der Waals surface area contributed by atoms with E-state index < -0.39 is 24.5 Å². The summed E-state index contributed by atoms with van der Waals surface area (Å²) < 4.78 is 0. The zero-order chi connectivity index (χ0) is 15.5. The summed E-state index contributed by atoms with van der Waals surface area (Å²) in [4.78, 5) is 32.9. The Kier molecular flexibility index (Phi) is 9.15. The quantitative estimate of drug-likeness (QED) is 0.500. The van der Waals surface area contributed by atoms with Gasteiger partial charge in [0.2, 0.25) is 5.91 Å². The highest BCUT2D eigenvalue weighted by molar-refractivity contribution is 5.86. The lowest BCUT2D eigenvalue weighted by molar-refractivity contribution is -0.137. The Hall–Kier alpha value is -1.79. The number of amides is 3. The van der Waals surface area contributed by atoms with E-state index in [1.165, 1.54) is 0 Å². The van der Waals surface area contributed by atoms with E-state index in [4.69, 9.17) is 5.11 Å². The van der Waals surface area contributed by atoms with E-state index in [2.05, 4.69) is 29.8 Å². The van der Waals surface area contributed by atoms with Gasteiger partial charge in [-0.2, -0.15) is 0 Å². The van der Waals surface area contributed by atoms with Gasteiger partial charge in [0.05, 0.1) is 6.54 Å². The molecule has 0 bridgehead atoms. The fourth-order valence-corrected chi connectivity index (χ4v) is 1.58. The summed E-state index contributed by atoms with van der Waals surface area (Å²) in [5.41, 5.74) is 0. The second-order valence-corrected chi connectivity index (χ2v) is 5.22. The SMILES string of the molecule is CC(C)CCCC(C)NC(=O)NCC(=O)NCC(=O)O. The van der Waals surface area contributed by atoms with E-state index in [1.807, 2.05) is 6.92 Å². The molecule has 0 spiro atoms. The predicted molar refractivity (Wildman–Crippen MR) is 75.3 cm³/mol. The summed E-state index contributed by atoms with van der Waals surface area (Å²) in [6.07, 6.45) is 3.04. The van der Waals surface area contributed by atoms with E-state index in [9.17, 15) is 14.4 Å². The van der Waals surface area contributed by atoms with Crippen molar-refractivity contribution in [3.8, 4) is 0 Å². The number of carbonyl (C=O) groups excluding carboxylic acids is 2. The fourth-order valence-electron chi connectivity index (χ4n) is 1.58. The third-order valence-corrected chi connectivity index (χ3v) is 2.64. The zero-order valence-electron chi connectivity index (χ0n) is 12.4. The van der Waals surface area contributed by atoms with Gasteiger partial charge in [-0.1, -0.05) is 26.7 Å². The van der Waals surface area contributed by atoms with Crippen molar-refractivity contribution in [2.45, 2.75) is 46.1 Å². The number of urea groups is 1. The first-order valence-electron chi connectivity index (χ1n) is 6.84. The highest BCUT2D eigenvalue weighted by Crippen LogP contribution is 2.07. The van der Waals surface area contributed by atoms with E-state index in [0.717, 1.165) is 19.3 Å². The average Bonchev–Trinajstić information content (AvgIpc) is 2.33. The van der Waals surface area contributed by atoms with Crippen LogP contribution < -0.4 is 16.0 Å². The van der Waals surface area contributed by atoms with Crippen molar-refractivity contribution in [2.75, 3.05) is 13.1 Å². The van der Waals surface area contributed by atoms with Crippen molar-refractivity contribution in [2.24, 2.45) is 5.92 Å². The molecule has 0 fully saturated rings. The zero-order valence-corrected chi connectivity index (χ0v) is 12.4. The molecule has 0 aromatic rings. The van der Waals surface area contributed by atoms with Crippen LogP contribution in [0.15, 0.2) is 0 Å². The summed E-state index contributed by atoms with van der Waals surface area (Å²) in [5.74, 6) is -1.01. The number of carboxylic acids is 1. The van der Waals surface area contributed by atoms with Crippen molar-refractivity contribution in [1.29, 1.82) is 0 Å². The lowest BCUT2D eigenvalue weighted by atomic mass is 10.0. The van der Waals surface area contributed by atoms with Gasteiger partial charge in [-0.15, -0.1) is 0 Å². The monoisotopic (exact) mass is 287 g/mol. The van der Waals surface area contributed by atoms with Crippen molar-refractivity contribution in [3.63, 3.8) is 0 Å². The van der Waals surface area contributed by atoms with Crippen LogP contribution in [0.1, 0.15) is 40.0 Å². The Balaban J connectivity index is 3.71. The molecule has 0 aliphatic heterocycles. The molecule has 7 nitrogen and oxygen atoms in total. The van der Waals surface area contributed by atoms with Crippen molar-refractivity contribution < 1.29 is 19.5 Å². The minimum atomic E-state index is -1.12. The molecule has 20 heavy (non-hydrogen) atoms. The Morgan fingerprint density at radius 2 is 1.65 bits per heavy atom. The Morgan fingerprint density at radius 1 is 1.00 bits per heavy atom. The number of aliphatic carboxylic acids is 1. The molecule has 0 aliphatic carbocycles. The van der Waals surface area contributed by atoms with Crippen LogP contribution in [0.3, 0.4) is 0 Å². The third kappa shape index (κ3) is 11.3. The van der Waals surface area contributed by atoms with Gasteiger partial charge in [-0.05, 0) is 19.3 Å². The largest absolute Gasteiger partial charge is 0.480 e. The van der Waals surface area contributed by atoms with Gasteiger partial charge in [-0.25, -0.2) is 4.79 Å². The highest BCUT2D eigenvalue weighted by Gasteiger charge is 2.09. The maximum absolute atomic E-state index is 11.5. The molecule has 116 valence electrons. The van der Waals surface area contributed by atoms with Crippen LogP contribution in [-0.4, -0.2) is 42.1 Å². The van der Waals surface area contributed by atoms with Crippen LogP contribution in [0.2, 0.25) is 0 Å². The molecule has 0 aliphatic rings. The number of carbonyl (C=O) groups is 3. The predicted octanol–water partition coefficient (Wildman–Crippen LogP) is 0.701. The van der Waals surface area contributed by atoms with Crippen LogP contribution in [0, 0.1) is 5.92 Å². The lowest BCUT2D eigenvalue weighted by Gasteiger charge is -2.15. The number of carboxylic acid groups (broad SMARTS) is 1. The van der Waals surface area contributed by atoms with Crippen LogP contribution in [0.4, 0.5) is 4.79 Å². The molecule has 1 unspecified atom stereocenters. The molecule has 0 saturated heterocycles. The highest BCUT2D eigenvalue weighted by atomic mass is 16.4. The van der Waals surface area contributed by atoms with Gasteiger partial charge in [0.25, 0.3) is 0 Å². The van der Waals surface area contributed by atoms with Gasteiger partial charge in [0.1, 0.15) is 6.54 Å². The normalized spacial score (nSPS) is 11.8. The minimum absolute atomic E-state index is 0.0378. The van der Waals surface area contributed by atoms with E-state index in [0.29, 0.717) is 5.92 Å². The van der Waals surface area contributed by atoms with E-state index >= 15 is 0 Å². The molecule has 0 saturated carbocycles. The van der Waals surface area contributed by atoms with Gasteiger partial charge in [0.15, 0.2) is 0 Å². The first kappa shape index (κ1) is 18.2. The molecule has 1 atom stereocenters. The first-order valence-corrected chi connectivity index (χ1v) is 6.84. The summed E-state index contributed by atoms with van der Waals surface area (Å²) in [6, 6.07) is -0.386. The average molecular weight is 287 g/mol. The van der Waals surface area contributed by atoms with Crippen LogP contribution >= 0.6 is 0 Å². The molecule has 7 heteroatoms. The van der Waals surface area contributed by atoms with Gasteiger partial charge in [0, 0.05) is 6.04 Å². The molecule has 4 N–H and O–H groups in total. The lowest BCUT2D eigenvalue weighted by Crippen LogP contribution is -2.45. The van der Waals surface area contributed by atoms with Crippen molar-refractivity contribution >= 4 is 17.9 Å². The third-order valence-electron chi connectivity index (χ3n) is 2.64. The fraction of sp³-hybridized carbons (Fsp3) is 0.769. The maximum atomic E-state index is 11.5. The van der Waals surface area contributed by atoms with Gasteiger partial charge < -0.3 is 21.1 Å². The molecular weight excluding hydrogens is 262 g/mol. The summed E-state index contributed by atoms with van der Waals surface area (Å²) in [5, 5.41) is 15.6. The van der Waals surface area contributed by atoms with Crippen LogP contribution in [-0.2, 0) is 9.59 Å². The molecular formula is C13H25N3O4. The van der Waals surface area contributed by atoms with E-state index in [-0.39, 0.29) is 12.6 Å². The number of rotatable bonds is 9. The van der Waals surface area contributed by atoms with Crippen LogP contribution in [0.5, 0.6) is 0 Å². The first-order chi connectivity index (χ1) is 9.31. The number of nitrogens with one attached hydrogen (secondary N) is 3. The van der Waals surface area contributed by atoms with Gasteiger partial charge >= 0.3 is 12.0 Å². The summed E-state index contributed by atoms with van der Waals surface area (Å²) in [7, 11) is 0. The molecule has 0 aromatic heterocycles. The molecule has 0 rings (SSSR count). The summed E-state index contributed by atoms with van der Waals surface area (Å²) >= 11 is 0. The Bertz CT molecular complexity index is 332. The van der Waals surface area contributed by atoms with Crippen molar-refractivity contribution in [3.05, 3.63) is 0 Å². The topological polar surface area (TPSA) is 108 Å². The Morgan fingerprint density at radius 3 is 2.20 bits per heavy atom. The van der Waals surface area contributed by atoms with E-state index in [1.54, 1.807) is 0 Å². The smallest absolute Gasteiger partial charge is 0.322 e. The van der Waals surface area contributed by atoms with Crippen molar-refractivity contribution in [1.82, 2.24) is 16.0 Å². The summed E-state index contributed by atoms with van der Waals surface area (Å²) in [6.45, 7) is 5.52. The number of hydrogen-bond acceptors (Lipinski definition) is 3. The number of hydrogen-bond donors (Lipinski definition) is 4.